The fraction of sp³-hybridized carbons (Fsp3) is 0.421. The van der Waals surface area contributed by atoms with E-state index in [-0.39, 0.29) is 11.4 Å². The van der Waals surface area contributed by atoms with Crippen LogP contribution in [-0.4, -0.2) is 31.4 Å². The summed E-state index contributed by atoms with van der Waals surface area (Å²) in [6, 6.07) is 6.07. The lowest BCUT2D eigenvalue weighted by Crippen LogP contribution is -2.33. The van der Waals surface area contributed by atoms with Crippen LogP contribution in [-0.2, 0) is 14.6 Å². The predicted octanol–water partition coefficient (Wildman–Crippen LogP) is 3.46. The van der Waals surface area contributed by atoms with Gasteiger partial charge < -0.3 is 15.8 Å². The molecule has 7 heteroatoms. The van der Waals surface area contributed by atoms with Gasteiger partial charge in [-0.2, -0.15) is 0 Å². The predicted molar refractivity (Wildman–Crippen MR) is 105 cm³/mol. The number of carbonyl (C=O) groups excluding carboxylic acids is 1. The Labute approximate surface area is 156 Å². The van der Waals surface area contributed by atoms with E-state index in [1.54, 1.807) is 58.9 Å². The van der Waals surface area contributed by atoms with E-state index in [1.807, 2.05) is 0 Å². The van der Waals surface area contributed by atoms with Crippen molar-refractivity contribution < 1.29 is 17.9 Å². The number of amides is 1. The first kappa shape index (κ1) is 21.8. The monoisotopic (exact) mass is 380 g/mol. The quantitative estimate of drug-likeness (QED) is 0.582. The zero-order valence-corrected chi connectivity index (χ0v) is 16.8. The van der Waals surface area contributed by atoms with Crippen molar-refractivity contribution in [3.63, 3.8) is 0 Å². The minimum absolute atomic E-state index is 0.156. The Morgan fingerprint density at radius 3 is 2.23 bits per heavy atom. The average molecular weight is 381 g/mol. The Morgan fingerprint density at radius 1 is 1.19 bits per heavy atom. The van der Waals surface area contributed by atoms with Crippen molar-refractivity contribution in [3.8, 4) is 0 Å². The van der Waals surface area contributed by atoms with Crippen LogP contribution in [0.1, 0.15) is 34.6 Å². The van der Waals surface area contributed by atoms with Gasteiger partial charge >= 0.3 is 6.09 Å². The summed E-state index contributed by atoms with van der Waals surface area (Å²) >= 11 is 0. The molecule has 1 rings (SSSR count). The fourth-order valence-corrected chi connectivity index (χ4v) is 3.27. The third-order valence-corrected chi connectivity index (χ3v) is 5.88. The highest BCUT2D eigenvalue weighted by molar-refractivity contribution is 7.93. The molecule has 0 radical (unpaired) electrons. The van der Waals surface area contributed by atoms with E-state index in [9.17, 15) is 13.2 Å². The first-order chi connectivity index (χ1) is 11.7. The number of carbonyl (C=O) groups is 1. The molecule has 0 fully saturated rings. The number of alkyl carbamates (subject to hydrolysis) is 1. The molecule has 3 N–H and O–H groups in total. The molecule has 26 heavy (non-hydrogen) atoms. The van der Waals surface area contributed by atoms with E-state index < -0.39 is 26.3 Å². The lowest BCUT2D eigenvalue weighted by Gasteiger charge is -2.21. The zero-order valence-electron chi connectivity index (χ0n) is 16.0. The number of nitrogens with one attached hydrogen (secondary N) is 1. The first-order valence-corrected chi connectivity index (χ1v) is 9.67. The van der Waals surface area contributed by atoms with Crippen LogP contribution >= 0.6 is 0 Å². The summed E-state index contributed by atoms with van der Waals surface area (Å²) in [6.45, 7) is 12.5. The van der Waals surface area contributed by atoms with Gasteiger partial charge in [0.25, 0.3) is 0 Å². The smallest absolute Gasteiger partial charge is 0.407 e. The minimum atomic E-state index is -3.60. The second kappa shape index (κ2) is 7.95. The second-order valence-electron chi connectivity index (χ2n) is 7.52. The van der Waals surface area contributed by atoms with Crippen LogP contribution in [0, 0.1) is 0 Å². The Balaban J connectivity index is 2.77. The van der Waals surface area contributed by atoms with Gasteiger partial charge in [0, 0.05) is 12.2 Å². The maximum atomic E-state index is 12.8. The molecule has 1 aromatic rings. The van der Waals surface area contributed by atoms with Crippen LogP contribution in [0.3, 0.4) is 0 Å². The topological polar surface area (TPSA) is 98.5 Å². The molecule has 1 aromatic carbocycles. The van der Waals surface area contributed by atoms with Crippen LogP contribution in [0.5, 0.6) is 0 Å². The van der Waals surface area contributed by atoms with Crippen LogP contribution in [0.25, 0.3) is 0 Å². The van der Waals surface area contributed by atoms with Crippen molar-refractivity contribution in [3.05, 3.63) is 48.6 Å². The van der Waals surface area contributed by atoms with Crippen molar-refractivity contribution in [1.29, 1.82) is 0 Å². The van der Waals surface area contributed by atoms with E-state index >= 15 is 0 Å². The van der Waals surface area contributed by atoms with E-state index in [4.69, 9.17) is 10.5 Å². The number of ether oxygens (including phenoxy) is 1. The second-order valence-corrected chi connectivity index (χ2v) is 10.1. The van der Waals surface area contributed by atoms with Gasteiger partial charge in [0.15, 0.2) is 9.84 Å². The number of rotatable bonds is 6. The van der Waals surface area contributed by atoms with Gasteiger partial charge in [0.1, 0.15) is 5.60 Å². The van der Waals surface area contributed by atoms with Gasteiger partial charge in [0.2, 0.25) is 0 Å². The SMILES string of the molecule is C=C(/C=C\C(C)(C)S(=O)(=O)c1ccc(N)cc1)CNC(=O)OC(C)(C)C. The number of sulfone groups is 1. The number of benzene rings is 1. The summed E-state index contributed by atoms with van der Waals surface area (Å²) in [4.78, 5) is 11.8. The van der Waals surface area contributed by atoms with Crippen LogP contribution in [0.15, 0.2) is 53.5 Å². The summed E-state index contributed by atoms with van der Waals surface area (Å²) in [7, 11) is -3.60. The molecule has 1 amide bonds. The number of hydrogen-bond acceptors (Lipinski definition) is 5. The van der Waals surface area contributed by atoms with Crippen molar-refractivity contribution in [2.45, 2.75) is 49.9 Å². The highest BCUT2D eigenvalue weighted by Gasteiger charge is 2.33. The molecule has 0 saturated heterocycles. The highest BCUT2D eigenvalue weighted by Crippen LogP contribution is 2.27. The summed E-state index contributed by atoms with van der Waals surface area (Å²) in [5, 5.41) is 2.58. The molecule has 0 unspecified atom stereocenters. The average Bonchev–Trinajstić information content (AvgIpc) is 2.49. The number of anilines is 1. The molecule has 0 aliphatic carbocycles. The van der Waals surface area contributed by atoms with E-state index in [0.717, 1.165) is 0 Å². The molecule has 0 atom stereocenters. The third kappa shape index (κ3) is 6.22. The Kier molecular flexibility index (Phi) is 6.65. The molecule has 144 valence electrons. The van der Waals surface area contributed by atoms with E-state index in [1.165, 1.54) is 12.1 Å². The number of nitrogens with two attached hydrogens (primary N) is 1. The van der Waals surface area contributed by atoms with Crippen molar-refractivity contribution in [2.75, 3.05) is 12.3 Å². The van der Waals surface area contributed by atoms with Gasteiger partial charge in [-0.05, 0) is 64.5 Å². The molecule has 6 nitrogen and oxygen atoms in total. The number of hydrogen-bond donors (Lipinski definition) is 2. The molecular weight excluding hydrogens is 352 g/mol. The van der Waals surface area contributed by atoms with Crippen molar-refractivity contribution in [1.82, 2.24) is 5.32 Å². The largest absolute Gasteiger partial charge is 0.444 e. The normalized spacial score (nSPS) is 12.8. The molecule has 0 aliphatic rings. The van der Waals surface area contributed by atoms with E-state index in [2.05, 4.69) is 11.9 Å². The van der Waals surface area contributed by atoms with Gasteiger partial charge in [-0.3, -0.25) is 0 Å². The Hall–Kier alpha value is -2.28. The van der Waals surface area contributed by atoms with Gasteiger partial charge in [-0.25, -0.2) is 13.2 Å². The third-order valence-electron chi connectivity index (χ3n) is 3.46. The molecule has 0 heterocycles. The molecule has 0 bridgehead atoms. The first-order valence-electron chi connectivity index (χ1n) is 8.19. The Morgan fingerprint density at radius 2 is 1.73 bits per heavy atom. The minimum Gasteiger partial charge on any atom is -0.444 e. The molecule has 0 spiro atoms. The van der Waals surface area contributed by atoms with Gasteiger partial charge in [-0.15, -0.1) is 0 Å². The molecule has 0 aliphatic heterocycles. The maximum absolute atomic E-state index is 12.8. The zero-order chi connectivity index (χ0) is 20.2. The summed E-state index contributed by atoms with van der Waals surface area (Å²) in [5.41, 5.74) is 6.07. The molecule has 0 aromatic heterocycles. The molecule has 0 saturated carbocycles. The standard InChI is InChI=1S/C19H28N2O4S/c1-14(13-21-17(22)25-18(2,3)4)11-12-19(5,6)26(23,24)16-9-7-15(20)8-10-16/h7-12H,1,13,20H2,2-6H3,(H,21,22)/b12-11-. The highest BCUT2D eigenvalue weighted by atomic mass is 32.2. The summed E-state index contributed by atoms with van der Waals surface area (Å²) in [6.07, 6.45) is 2.59. The van der Waals surface area contributed by atoms with Crippen molar-refractivity contribution in [2.24, 2.45) is 0 Å². The van der Waals surface area contributed by atoms with Gasteiger partial charge in [0.05, 0.1) is 9.64 Å². The fourth-order valence-electron chi connectivity index (χ4n) is 1.92. The summed E-state index contributed by atoms with van der Waals surface area (Å²) < 4.78 is 29.6. The van der Waals surface area contributed by atoms with E-state index in [0.29, 0.717) is 11.3 Å². The van der Waals surface area contributed by atoms with Crippen molar-refractivity contribution >= 4 is 21.6 Å². The van der Waals surface area contributed by atoms with Crippen LogP contribution in [0.2, 0.25) is 0 Å². The maximum Gasteiger partial charge on any atom is 0.407 e. The van der Waals surface area contributed by atoms with Crippen LogP contribution < -0.4 is 11.1 Å². The molecular formula is C19H28N2O4S. The lowest BCUT2D eigenvalue weighted by molar-refractivity contribution is 0.0533. The van der Waals surface area contributed by atoms with Crippen LogP contribution in [0.4, 0.5) is 10.5 Å². The van der Waals surface area contributed by atoms with Gasteiger partial charge in [-0.1, -0.05) is 18.7 Å². The Bertz CT molecular complexity index is 786. The lowest BCUT2D eigenvalue weighted by atomic mass is 10.1. The summed E-state index contributed by atoms with van der Waals surface area (Å²) in [5.74, 6) is 0. The number of nitrogen functional groups attached to an aromatic ring is 1.